The molecule has 0 aromatic heterocycles. The van der Waals surface area contributed by atoms with Gasteiger partial charge >= 0.3 is 6.03 Å². The quantitative estimate of drug-likeness (QED) is 0.291. The van der Waals surface area contributed by atoms with E-state index in [1.54, 1.807) is 7.11 Å². The van der Waals surface area contributed by atoms with E-state index in [4.69, 9.17) is 4.74 Å². The van der Waals surface area contributed by atoms with E-state index in [2.05, 4.69) is 48.7 Å². The monoisotopic (exact) mass is 515 g/mol. The zero-order valence-corrected chi connectivity index (χ0v) is 23.9. The highest BCUT2D eigenvalue weighted by atomic mass is 16.5. The van der Waals surface area contributed by atoms with Crippen LogP contribution < -0.4 is 10.6 Å². The minimum absolute atomic E-state index is 0.0121. The fraction of sp³-hybridized carbons (Fsp3) is 0.774. The van der Waals surface area contributed by atoms with Gasteiger partial charge in [-0.15, -0.1) is 0 Å². The van der Waals surface area contributed by atoms with Crippen molar-refractivity contribution in [2.75, 3.05) is 40.4 Å². The predicted molar refractivity (Wildman–Crippen MR) is 152 cm³/mol. The minimum Gasteiger partial charge on any atom is -0.385 e. The van der Waals surface area contributed by atoms with Crippen LogP contribution in [0.5, 0.6) is 0 Å². The van der Waals surface area contributed by atoms with Crippen LogP contribution in [0.2, 0.25) is 0 Å². The molecule has 3 atom stereocenters. The molecular weight excluding hydrogens is 462 g/mol. The van der Waals surface area contributed by atoms with E-state index in [0.717, 1.165) is 50.8 Å². The number of urea groups is 1. The summed E-state index contributed by atoms with van der Waals surface area (Å²) in [6.07, 6.45) is 12.0. The molecule has 3 rings (SSSR count). The smallest absolute Gasteiger partial charge is 0.317 e. The topological polar surface area (TPSA) is 73.8 Å². The summed E-state index contributed by atoms with van der Waals surface area (Å²) in [5.74, 6) is 1.13. The Hall–Kier alpha value is -1.63. The van der Waals surface area contributed by atoms with Gasteiger partial charge in [-0.2, -0.15) is 0 Å². The molecule has 6 heteroatoms. The number of likely N-dealkylation sites (tertiary alicyclic amines) is 1. The van der Waals surface area contributed by atoms with Crippen LogP contribution in [0.4, 0.5) is 4.79 Å². The number of ether oxygens (including phenoxy) is 1. The molecule has 6 nitrogen and oxygen atoms in total. The second-order valence-corrected chi connectivity index (χ2v) is 11.9. The van der Waals surface area contributed by atoms with Crippen molar-refractivity contribution in [3.05, 3.63) is 35.4 Å². The SMILES string of the molecule is CNCC(CC1CCCCC1)NC(=O)N1CCC[C@@H]([C@@](O)(CCCCOC)c2cccc(C(C)C)c2)C1. The molecule has 37 heavy (non-hydrogen) atoms. The fourth-order valence-corrected chi connectivity index (χ4v) is 6.47. The molecular formula is C31H53N3O3. The van der Waals surface area contributed by atoms with Crippen molar-refractivity contribution in [3.8, 4) is 0 Å². The summed E-state index contributed by atoms with van der Waals surface area (Å²) in [6, 6.07) is 8.66. The van der Waals surface area contributed by atoms with Crippen LogP contribution >= 0.6 is 0 Å². The van der Waals surface area contributed by atoms with Crippen molar-refractivity contribution in [2.45, 2.75) is 102 Å². The van der Waals surface area contributed by atoms with Gasteiger partial charge in [0.25, 0.3) is 0 Å². The van der Waals surface area contributed by atoms with Crippen molar-refractivity contribution in [2.24, 2.45) is 11.8 Å². The number of benzene rings is 1. The van der Waals surface area contributed by atoms with E-state index in [-0.39, 0.29) is 18.0 Å². The number of unbranched alkanes of at least 4 members (excludes halogenated alkanes) is 1. The number of amides is 2. The van der Waals surface area contributed by atoms with Gasteiger partial charge in [-0.25, -0.2) is 4.79 Å². The van der Waals surface area contributed by atoms with E-state index >= 15 is 0 Å². The summed E-state index contributed by atoms with van der Waals surface area (Å²) in [5.41, 5.74) is 1.29. The second-order valence-electron chi connectivity index (χ2n) is 11.9. The maximum atomic E-state index is 13.5. The summed E-state index contributed by atoms with van der Waals surface area (Å²) in [7, 11) is 3.69. The maximum Gasteiger partial charge on any atom is 0.317 e. The van der Waals surface area contributed by atoms with Gasteiger partial charge in [-0.05, 0) is 68.5 Å². The molecule has 0 spiro atoms. The Kier molecular flexibility index (Phi) is 12.2. The van der Waals surface area contributed by atoms with Crippen molar-refractivity contribution < 1.29 is 14.6 Å². The Labute approximate surface area is 225 Å². The Bertz CT molecular complexity index is 811. The molecule has 0 radical (unpaired) electrons. The summed E-state index contributed by atoms with van der Waals surface area (Å²) in [6.45, 7) is 7.23. The van der Waals surface area contributed by atoms with Gasteiger partial charge in [0.15, 0.2) is 0 Å². The van der Waals surface area contributed by atoms with E-state index in [1.807, 2.05) is 11.9 Å². The Morgan fingerprint density at radius 2 is 1.95 bits per heavy atom. The Balaban J connectivity index is 1.72. The molecule has 1 saturated heterocycles. The largest absolute Gasteiger partial charge is 0.385 e. The van der Waals surface area contributed by atoms with Gasteiger partial charge in [-0.1, -0.05) is 70.2 Å². The second kappa shape index (κ2) is 15.1. The molecule has 3 N–H and O–H groups in total. The van der Waals surface area contributed by atoms with E-state index < -0.39 is 5.60 Å². The highest BCUT2D eigenvalue weighted by Gasteiger charge is 2.41. The summed E-state index contributed by atoms with van der Waals surface area (Å²) in [5, 5.41) is 18.9. The Morgan fingerprint density at radius 1 is 1.16 bits per heavy atom. The lowest BCUT2D eigenvalue weighted by Crippen LogP contribution is -2.54. The zero-order chi connectivity index (χ0) is 26.7. The van der Waals surface area contributed by atoms with Gasteiger partial charge in [0.2, 0.25) is 0 Å². The third-order valence-electron chi connectivity index (χ3n) is 8.71. The third kappa shape index (κ3) is 8.69. The summed E-state index contributed by atoms with van der Waals surface area (Å²) >= 11 is 0. The molecule has 0 bridgehead atoms. The number of carbonyl (C=O) groups is 1. The van der Waals surface area contributed by atoms with Gasteiger partial charge in [0, 0.05) is 45.3 Å². The van der Waals surface area contributed by atoms with Crippen molar-refractivity contribution in [1.82, 2.24) is 15.5 Å². The molecule has 2 fully saturated rings. The van der Waals surface area contributed by atoms with Crippen LogP contribution in [-0.4, -0.2) is 62.5 Å². The standard InChI is InChI=1S/C31H53N3O3/c1-24(2)26-14-10-15-27(21-26)31(36,17-8-9-19-37-4)28-16-11-18-34(23-28)30(35)33-29(22-32-3)20-25-12-6-5-7-13-25/h10,14-15,21,24-25,28-29,32,36H,5-9,11-13,16-20,22-23H2,1-4H3,(H,33,35)/t28-,29?,31-/m1/s1. The highest BCUT2D eigenvalue weighted by molar-refractivity contribution is 5.74. The molecule has 1 aromatic carbocycles. The van der Waals surface area contributed by atoms with Crippen LogP contribution in [-0.2, 0) is 10.3 Å². The number of piperidine rings is 1. The fourth-order valence-electron chi connectivity index (χ4n) is 6.47. The Morgan fingerprint density at radius 3 is 2.65 bits per heavy atom. The maximum absolute atomic E-state index is 13.5. The lowest BCUT2D eigenvalue weighted by atomic mass is 9.73. The van der Waals surface area contributed by atoms with Gasteiger partial charge in [0.05, 0.1) is 5.60 Å². The minimum atomic E-state index is -0.954. The predicted octanol–water partition coefficient (Wildman–Crippen LogP) is 5.79. The number of carbonyl (C=O) groups excluding carboxylic acids is 1. The lowest BCUT2D eigenvalue weighted by Gasteiger charge is -2.43. The van der Waals surface area contributed by atoms with Crippen LogP contribution in [0.25, 0.3) is 0 Å². The zero-order valence-electron chi connectivity index (χ0n) is 23.9. The van der Waals surface area contributed by atoms with Crippen LogP contribution in [0.15, 0.2) is 24.3 Å². The van der Waals surface area contributed by atoms with Crippen LogP contribution in [0.1, 0.15) is 102 Å². The highest BCUT2D eigenvalue weighted by Crippen LogP contribution is 2.40. The van der Waals surface area contributed by atoms with E-state index in [9.17, 15) is 9.90 Å². The number of aliphatic hydroxyl groups is 1. The van der Waals surface area contributed by atoms with E-state index in [0.29, 0.717) is 31.4 Å². The van der Waals surface area contributed by atoms with Crippen molar-refractivity contribution in [1.29, 1.82) is 0 Å². The molecule has 1 aliphatic heterocycles. The first-order valence-electron chi connectivity index (χ1n) is 14.9. The molecule has 2 aliphatic rings. The normalized spacial score (nSPS) is 21.6. The average molecular weight is 516 g/mol. The van der Waals surface area contributed by atoms with E-state index in [1.165, 1.54) is 37.7 Å². The number of nitrogens with zero attached hydrogens (tertiary/aromatic N) is 1. The van der Waals surface area contributed by atoms with Gasteiger partial charge in [-0.3, -0.25) is 0 Å². The molecule has 2 amide bonds. The molecule has 1 unspecified atom stereocenters. The first-order chi connectivity index (χ1) is 17.9. The average Bonchev–Trinajstić information content (AvgIpc) is 2.92. The van der Waals surface area contributed by atoms with Gasteiger partial charge < -0.3 is 25.4 Å². The van der Waals surface area contributed by atoms with Crippen molar-refractivity contribution in [3.63, 3.8) is 0 Å². The van der Waals surface area contributed by atoms with Crippen molar-refractivity contribution >= 4 is 6.03 Å². The number of methoxy groups -OCH3 is 1. The molecule has 1 heterocycles. The number of hydrogen-bond donors (Lipinski definition) is 3. The molecule has 1 aliphatic carbocycles. The third-order valence-corrected chi connectivity index (χ3v) is 8.71. The first kappa shape index (κ1) is 29.9. The first-order valence-corrected chi connectivity index (χ1v) is 14.9. The number of rotatable bonds is 13. The number of hydrogen-bond acceptors (Lipinski definition) is 4. The lowest BCUT2D eigenvalue weighted by molar-refractivity contribution is -0.0564. The van der Waals surface area contributed by atoms with Gasteiger partial charge in [0.1, 0.15) is 0 Å². The number of nitrogens with one attached hydrogen (secondary N) is 2. The van der Waals surface area contributed by atoms with Crippen LogP contribution in [0.3, 0.4) is 0 Å². The number of likely N-dealkylation sites (N-methyl/N-ethyl adjacent to an activating group) is 1. The molecule has 1 aromatic rings. The summed E-state index contributed by atoms with van der Waals surface area (Å²) < 4.78 is 5.27. The molecule has 210 valence electrons. The van der Waals surface area contributed by atoms with Crippen LogP contribution in [0, 0.1) is 11.8 Å². The molecule has 1 saturated carbocycles. The summed E-state index contributed by atoms with van der Waals surface area (Å²) in [4.78, 5) is 15.4.